The first kappa shape index (κ1) is 21.5. The van der Waals surface area contributed by atoms with Crippen molar-refractivity contribution < 1.29 is 4.79 Å². The van der Waals surface area contributed by atoms with Gasteiger partial charge in [0.2, 0.25) is 0 Å². The quantitative estimate of drug-likeness (QED) is 0.303. The molecule has 1 aliphatic rings. The third kappa shape index (κ3) is 3.71. The van der Waals surface area contributed by atoms with Crippen molar-refractivity contribution in [1.29, 1.82) is 5.41 Å². The Bertz CT molecular complexity index is 1410. The zero-order chi connectivity index (χ0) is 22.4. The Morgan fingerprint density at radius 1 is 1.22 bits per heavy atom. The van der Waals surface area contributed by atoms with Crippen LogP contribution in [0.5, 0.6) is 0 Å². The number of carbonyl (C=O) groups excluding carboxylic acids is 1. The molecule has 5 rings (SSSR count). The van der Waals surface area contributed by atoms with Gasteiger partial charge >= 0.3 is 0 Å². The van der Waals surface area contributed by atoms with Crippen molar-refractivity contribution in [3.8, 4) is 0 Å². The minimum atomic E-state index is -0.590. The van der Waals surface area contributed by atoms with Crippen LogP contribution >= 0.6 is 46.3 Å². The van der Waals surface area contributed by atoms with Gasteiger partial charge in [-0.15, -0.1) is 11.3 Å². The minimum absolute atomic E-state index is 0.0630. The van der Waals surface area contributed by atoms with Gasteiger partial charge in [0.05, 0.1) is 9.95 Å². The molecule has 0 radical (unpaired) electrons. The number of carbonyl (C=O) groups is 1. The fraction of sp³-hybridized carbons (Fsp3) is 0.125. The first-order chi connectivity index (χ1) is 15.4. The third-order valence-electron chi connectivity index (χ3n) is 5.58. The van der Waals surface area contributed by atoms with Gasteiger partial charge in [0.25, 0.3) is 0 Å². The number of thiazole rings is 1. The van der Waals surface area contributed by atoms with Gasteiger partial charge in [-0.05, 0) is 36.8 Å². The first-order valence-electron chi connectivity index (χ1n) is 9.87. The maximum atomic E-state index is 13.1. The number of hydrogen-bond acceptors (Lipinski definition) is 5. The number of halogens is 2. The van der Waals surface area contributed by atoms with E-state index in [9.17, 15) is 4.79 Å². The van der Waals surface area contributed by atoms with Crippen LogP contribution in [0.1, 0.15) is 27.7 Å². The predicted octanol–water partition coefficient (Wildman–Crippen LogP) is 7.18. The van der Waals surface area contributed by atoms with E-state index in [-0.39, 0.29) is 5.78 Å². The molecule has 1 saturated heterocycles. The van der Waals surface area contributed by atoms with Crippen LogP contribution in [0.15, 0.2) is 58.9 Å². The summed E-state index contributed by atoms with van der Waals surface area (Å²) in [4.78, 5) is 18.0. The molecule has 0 bridgehead atoms. The van der Waals surface area contributed by atoms with Gasteiger partial charge in [0.15, 0.2) is 5.78 Å². The molecule has 4 nitrogen and oxygen atoms in total. The van der Waals surface area contributed by atoms with E-state index in [1.54, 1.807) is 12.3 Å². The van der Waals surface area contributed by atoms with Crippen LogP contribution in [0, 0.1) is 12.3 Å². The smallest absolute Gasteiger partial charge is 0.186 e. The van der Waals surface area contributed by atoms with Crippen LogP contribution < -0.4 is 0 Å². The number of aromatic nitrogens is 2. The van der Waals surface area contributed by atoms with E-state index in [0.717, 1.165) is 27.7 Å². The predicted molar refractivity (Wildman–Crippen MR) is 135 cm³/mol. The summed E-state index contributed by atoms with van der Waals surface area (Å²) in [5.74, 6) is -0.653. The number of para-hydroxylation sites is 1. The molecule has 4 aromatic rings. The first-order valence-corrected chi connectivity index (χ1v) is 12.3. The molecule has 160 valence electrons. The number of benzene rings is 2. The lowest BCUT2D eigenvalue weighted by molar-refractivity contribution is -0.114. The fourth-order valence-corrected chi connectivity index (χ4v) is 6.24. The van der Waals surface area contributed by atoms with Crippen LogP contribution in [-0.4, -0.2) is 20.4 Å². The van der Waals surface area contributed by atoms with Crippen molar-refractivity contribution >= 4 is 74.1 Å². The topological polar surface area (TPSA) is 58.7 Å². The molecule has 32 heavy (non-hydrogen) atoms. The Morgan fingerprint density at radius 3 is 2.78 bits per heavy atom. The highest BCUT2D eigenvalue weighted by molar-refractivity contribution is 8.19. The molecular formula is C24H17Cl2N3OS2. The highest BCUT2D eigenvalue weighted by Gasteiger charge is 2.38. The van der Waals surface area contributed by atoms with Gasteiger partial charge in [0.1, 0.15) is 10.9 Å². The number of Topliss-reactive ketones (excluding diaryl/α,β-unsaturated/α-hetero) is 1. The van der Waals surface area contributed by atoms with Crippen molar-refractivity contribution in [2.75, 3.05) is 0 Å². The van der Waals surface area contributed by atoms with E-state index in [1.165, 1.54) is 23.1 Å². The summed E-state index contributed by atoms with van der Waals surface area (Å²) in [5.41, 5.74) is 4.04. The molecule has 2 aromatic carbocycles. The number of nitrogens with zero attached hydrogens (tertiary/aromatic N) is 2. The van der Waals surface area contributed by atoms with Crippen molar-refractivity contribution in [2.45, 2.75) is 19.4 Å². The molecule has 1 N–H and O–H groups in total. The highest BCUT2D eigenvalue weighted by atomic mass is 35.5. The lowest BCUT2D eigenvalue weighted by Gasteiger charge is -2.10. The van der Waals surface area contributed by atoms with Crippen LogP contribution in [0.25, 0.3) is 17.0 Å². The summed E-state index contributed by atoms with van der Waals surface area (Å²) >= 11 is 15.1. The Morgan fingerprint density at radius 2 is 2.03 bits per heavy atom. The molecule has 0 amide bonds. The highest BCUT2D eigenvalue weighted by Crippen LogP contribution is 2.42. The Labute approximate surface area is 203 Å². The normalized spacial score (nSPS) is 17.7. The molecule has 0 saturated carbocycles. The van der Waals surface area contributed by atoms with E-state index in [2.05, 4.69) is 21.7 Å². The SMILES string of the molecule is Cc1c(/C=C2\SC(=N)[C@@H](c3nccs3)C2=O)c2ccccc2n1Cc1ccc(Cl)cc1Cl. The number of fused-ring (bicyclic) bond motifs is 1. The molecule has 8 heteroatoms. The standard InChI is InChI=1S/C24H17Cl2N3OS2/c1-13-17(11-20-22(30)21(23(27)32-20)24-28-8-9-31-24)16-4-2-3-5-19(16)29(13)12-14-6-7-15(25)10-18(14)26/h2-11,21,27H,12H2,1H3/b20-11-,27-23?/t21-/m0/s1. The summed E-state index contributed by atoms with van der Waals surface area (Å²) in [6.07, 6.45) is 3.60. The zero-order valence-corrected chi connectivity index (χ0v) is 20.1. The molecule has 2 aromatic heterocycles. The molecule has 0 unspecified atom stereocenters. The van der Waals surface area contributed by atoms with Crippen LogP contribution in [0.2, 0.25) is 10.0 Å². The average molecular weight is 498 g/mol. The summed E-state index contributed by atoms with van der Waals surface area (Å²) in [6, 6.07) is 13.6. The molecule has 0 spiro atoms. The average Bonchev–Trinajstić information content (AvgIpc) is 3.44. The number of rotatable bonds is 4. The van der Waals surface area contributed by atoms with Crippen molar-refractivity contribution in [3.05, 3.63) is 90.8 Å². The molecule has 1 atom stereocenters. The fourth-order valence-electron chi connectivity index (χ4n) is 3.99. The van der Waals surface area contributed by atoms with E-state index < -0.39 is 5.92 Å². The second-order valence-corrected chi connectivity index (χ2v) is 10.3. The monoisotopic (exact) mass is 497 g/mol. The summed E-state index contributed by atoms with van der Waals surface area (Å²) < 4.78 is 2.20. The Balaban J connectivity index is 1.59. The number of hydrogen-bond donors (Lipinski definition) is 1. The lowest BCUT2D eigenvalue weighted by atomic mass is 10.0. The molecule has 1 aliphatic heterocycles. The molecule has 3 heterocycles. The van der Waals surface area contributed by atoms with Gasteiger partial charge in [-0.2, -0.15) is 0 Å². The van der Waals surface area contributed by atoms with Gasteiger partial charge in [0, 0.05) is 50.3 Å². The summed E-state index contributed by atoms with van der Waals surface area (Å²) in [7, 11) is 0. The molecular weight excluding hydrogens is 481 g/mol. The number of nitrogens with one attached hydrogen (secondary N) is 1. The maximum absolute atomic E-state index is 13.1. The van der Waals surface area contributed by atoms with Crippen LogP contribution in [0.4, 0.5) is 0 Å². The second kappa shape index (κ2) is 8.52. The molecule has 0 aliphatic carbocycles. The second-order valence-electron chi connectivity index (χ2n) is 7.48. The molecule has 1 fully saturated rings. The van der Waals surface area contributed by atoms with E-state index in [1.807, 2.05) is 42.6 Å². The maximum Gasteiger partial charge on any atom is 0.186 e. The lowest BCUT2D eigenvalue weighted by Crippen LogP contribution is -2.11. The van der Waals surface area contributed by atoms with Crippen molar-refractivity contribution in [2.24, 2.45) is 0 Å². The van der Waals surface area contributed by atoms with Crippen molar-refractivity contribution in [3.63, 3.8) is 0 Å². The van der Waals surface area contributed by atoms with Crippen LogP contribution in [0.3, 0.4) is 0 Å². The largest absolute Gasteiger partial charge is 0.340 e. The Hall–Kier alpha value is -2.38. The van der Waals surface area contributed by atoms with Gasteiger partial charge in [-0.1, -0.05) is 59.2 Å². The minimum Gasteiger partial charge on any atom is -0.340 e. The number of ketones is 1. The van der Waals surface area contributed by atoms with Crippen LogP contribution in [-0.2, 0) is 11.3 Å². The number of allylic oxidation sites excluding steroid dienone is 1. The zero-order valence-electron chi connectivity index (χ0n) is 16.9. The van der Waals surface area contributed by atoms with E-state index in [4.69, 9.17) is 28.6 Å². The third-order valence-corrected chi connectivity index (χ3v) is 8.01. The van der Waals surface area contributed by atoms with E-state index >= 15 is 0 Å². The van der Waals surface area contributed by atoms with E-state index in [0.29, 0.717) is 31.5 Å². The van der Waals surface area contributed by atoms with Crippen molar-refractivity contribution in [1.82, 2.24) is 9.55 Å². The summed E-state index contributed by atoms with van der Waals surface area (Å²) in [6.45, 7) is 2.63. The van der Waals surface area contributed by atoms with Gasteiger partial charge in [-0.25, -0.2) is 4.98 Å². The number of thioether (sulfide) groups is 1. The van der Waals surface area contributed by atoms with Gasteiger partial charge in [-0.3, -0.25) is 10.2 Å². The Kier molecular flexibility index (Phi) is 5.72. The summed E-state index contributed by atoms with van der Waals surface area (Å²) in [5, 5.41) is 13.5. The van der Waals surface area contributed by atoms with Gasteiger partial charge < -0.3 is 4.57 Å².